The Balaban J connectivity index is 1.62. The Kier molecular flexibility index (Phi) is 5.93. The monoisotopic (exact) mass is 380 g/mol. The van der Waals surface area contributed by atoms with Crippen LogP contribution in [0.5, 0.6) is 0 Å². The third-order valence-electron chi connectivity index (χ3n) is 4.80. The molecule has 0 saturated heterocycles. The van der Waals surface area contributed by atoms with E-state index in [4.69, 9.17) is 0 Å². The zero-order valence-corrected chi connectivity index (χ0v) is 16.4. The molecular formula is C25H24N4. The highest BCUT2D eigenvalue weighted by atomic mass is 15.2. The van der Waals surface area contributed by atoms with Gasteiger partial charge in [-0.15, -0.1) is 0 Å². The van der Waals surface area contributed by atoms with Gasteiger partial charge in [0.25, 0.3) is 0 Å². The predicted octanol–water partition coefficient (Wildman–Crippen LogP) is 4.92. The summed E-state index contributed by atoms with van der Waals surface area (Å²) in [4.78, 5) is 4.55. The molecule has 4 nitrogen and oxygen atoms in total. The van der Waals surface area contributed by atoms with Crippen molar-refractivity contribution in [2.75, 3.05) is 6.54 Å². The van der Waals surface area contributed by atoms with Crippen LogP contribution in [-0.4, -0.2) is 21.7 Å². The van der Waals surface area contributed by atoms with Crippen molar-refractivity contribution < 1.29 is 0 Å². The van der Waals surface area contributed by atoms with Crippen LogP contribution in [0.25, 0.3) is 5.57 Å². The summed E-state index contributed by atoms with van der Waals surface area (Å²) < 4.78 is 0. The Bertz CT molecular complexity index is 1010. The van der Waals surface area contributed by atoms with Gasteiger partial charge in [-0.2, -0.15) is 5.10 Å². The van der Waals surface area contributed by atoms with E-state index < -0.39 is 0 Å². The molecule has 1 aromatic heterocycles. The molecule has 4 rings (SSSR count). The van der Waals surface area contributed by atoms with Gasteiger partial charge in [-0.1, -0.05) is 97.1 Å². The number of H-pyrrole nitrogens is 1. The minimum atomic E-state index is -0.0785. The summed E-state index contributed by atoms with van der Waals surface area (Å²) in [6, 6.07) is 31.2. The predicted molar refractivity (Wildman–Crippen MR) is 117 cm³/mol. The molecule has 2 N–H and O–H groups in total. The number of aryl methyl sites for hydroxylation is 1. The molecular weight excluding hydrogens is 356 g/mol. The van der Waals surface area contributed by atoms with Gasteiger partial charge in [0.1, 0.15) is 5.82 Å². The van der Waals surface area contributed by atoms with Crippen LogP contribution in [-0.2, 0) is 0 Å². The van der Waals surface area contributed by atoms with Crippen molar-refractivity contribution in [3.05, 3.63) is 125 Å². The number of hydrogen-bond donors (Lipinski definition) is 2. The molecule has 0 aliphatic rings. The number of aromatic nitrogens is 3. The van der Waals surface area contributed by atoms with E-state index in [1.165, 1.54) is 16.7 Å². The van der Waals surface area contributed by atoms with Crippen LogP contribution in [0.1, 0.15) is 34.4 Å². The van der Waals surface area contributed by atoms with Gasteiger partial charge >= 0.3 is 0 Å². The Morgan fingerprint density at radius 3 is 1.93 bits per heavy atom. The molecule has 1 heterocycles. The van der Waals surface area contributed by atoms with Gasteiger partial charge in [0, 0.05) is 6.54 Å². The van der Waals surface area contributed by atoms with E-state index in [9.17, 15) is 0 Å². The van der Waals surface area contributed by atoms with Gasteiger partial charge in [-0.05, 0) is 29.2 Å². The highest BCUT2D eigenvalue weighted by Gasteiger charge is 2.17. The maximum Gasteiger partial charge on any atom is 0.172 e. The van der Waals surface area contributed by atoms with Gasteiger partial charge in [-0.3, -0.25) is 5.10 Å². The van der Waals surface area contributed by atoms with Crippen molar-refractivity contribution in [2.45, 2.75) is 13.0 Å². The molecule has 3 aromatic carbocycles. The van der Waals surface area contributed by atoms with E-state index in [2.05, 4.69) is 87.2 Å². The zero-order chi connectivity index (χ0) is 19.9. The molecule has 0 bridgehead atoms. The maximum atomic E-state index is 4.55. The van der Waals surface area contributed by atoms with Crippen LogP contribution in [0.3, 0.4) is 0 Å². The minimum absolute atomic E-state index is 0.0785. The molecule has 144 valence electrons. The first-order chi connectivity index (χ1) is 14.3. The second kappa shape index (κ2) is 9.13. The van der Waals surface area contributed by atoms with Crippen molar-refractivity contribution in [3.8, 4) is 0 Å². The summed E-state index contributed by atoms with van der Waals surface area (Å²) in [6.45, 7) is 2.60. The minimum Gasteiger partial charge on any atom is -0.300 e. The van der Waals surface area contributed by atoms with Crippen LogP contribution in [0.15, 0.2) is 97.1 Å². The highest BCUT2D eigenvalue weighted by molar-refractivity contribution is 5.79. The van der Waals surface area contributed by atoms with Crippen molar-refractivity contribution in [2.24, 2.45) is 0 Å². The summed E-state index contributed by atoms with van der Waals surface area (Å²) in [6.07, 6.45) is 2.24. The quantitative estimate of drug-likeness (QED) is 0.478. The van der Waals surface area contributed by atoms with E-state index in [1.54, 1.807) is 0 Å². The molecule has 0 spiro atoms. The topological polar surface area (TPSA) is 53.6 Å². The lowest BCUT2D eigenvalue weighted by Gasteiger charge is -2.16. The molecule has 0 fully saturated rings. The molecule has 4 heteroatoms. The fraction of sp³-hybridized carbons (Fsp3) is 0.120. The lowest BCUT2D eigenvalue weighted by Crippen LogP contribution is -2.24. The summed E-state index contributed by atoms with van der Waals surface area (Å²) in [5.74, 6) is 1.57. The van der Waals surface area contributed by atoms with Gasteiger partial charge in [0.15, 0.2) is 5.82 Å². The average Bonchev–Trinajstić information content (AvgIpc) is 3.21. The summed E-state index contributed by atoms with van der Waals surface area (Å²) in [7, 11) is 0. The number of hydrogen-bond acceptors (Lipinski definition) is 3. The molecule has 0 aliphatic heterocycles. The van der Waals surface area contributed by atoms with Gasteiger partial charge in [-0.25, -0.2) is 4.98 Å². The SMILES string of the molecule is Cc1nc(C(NCC=C(c2ccccc2)c2ccccc2)c2ccccc2)n[nH]1. The second-order valence-electron chi connectivity index (χ2n) is 6.88. The smallest absolute Gasteiger partial charge is 0.172 e. The fourth-order valence-corrected chi connectivity index (χ4v) is 3.41. The first-order valence-corrected chi connectivity index (χ1v) is 9.79. The van der Waals surface area contributed by atoms with E-state index in [0.717, 1.165) is 17.2 Å². The van der Waals surface area contributed by atoms with Gasteiger partial charge in [0.05, 0.1) is 6.04 Å². The molecule has 1 unspecified atom stereocenters. The average molecular weight is 380 g/mol. The van der Waals surface area contributed by atoms with Crippen molar-refractivity contribution in [1.82, 2.24) is 20.5 Å². The van der Waals surface area contributed by atoms with Crippen LogP contribution in [0.2, 0.25) is 0 Å². The Morgan fingerprint density at radius 2 is 1.41 bits per heavy atom. The fourth-order valence-electron chi connectivity index (χ4n) is 3.41. The Hall–Kier alpha value is -3.50. The number of benzene rings is 3. The van der Waals surface area contributed by atoms with Crippen LogP contribution >= 0.6 is 0 Å². The van der Waals surface area contributed by atoms with Gasteiger partial charge in [0.2, 0.25) is 0 Å². The highest BCUT2D eigenvalue weighted by Crippen LogP contribution is 2.24. The normalized spacial score (nSPS) is 11.8. The van der Waals surface area contributed by atoms with Crippen LogP contribution in [0, 0.1) is 6.92 Å². The largest absolute Gasteiger partial charge is 0.300 e. The standard InChI is InChI=1S/C25H24N4/c1-19-27-25(29-28-19)24(22-15-9-4-10-16-22)26-18-17-23(20-11-5-2-6-12-20)21-13-7-3-8-14-21/h2-17,24,26H,18H2,1H3,(H,27,28,29). The number of nitrogens with zero attached hydrogens (tertiary/aromatic N) is 2. The van der Waals surface area contributed by atoms with E-state index in [-0.39, 0.29) is 6.04 Å². The lowest BCUT2D eigenvalue weighted by atomic mass is 9.97. The second-order valence-corrected chi connectivity index (χ2v) is 6.88. The maximum absolute atomic E-state index is 4.55. The molecule has 29 heavy (non-hydrogen) atoms. The van der Waals surface area contributed by atoms with Crippen LogP contribution in [0.4, 0.5) is 0 Å². The number of rotatable bonds is 7. The molecule has 0 aliphatic carbocycles. The summed E-state index contributed by atoms with van der Waals surface area (Å²) in [5.41, 5.74) is 4.74. The van der Waals surface area contributed by atoms with E-state index >= 15 is 0 Å². The molecule has 4 aromatic rings. The number of aromatic amines is 1. The summed E-state index contributed by atoms with van der Waals surface area (Å²) in [5, 5.41) is 11.0. The third kappa shape index (κ3) is 4.68. The summed E-state index contributed by atoms with van der Waals surface area (Å²) >= 11 is 0. The van der Waals surface area contributed by atoms with Gasteiger partial charge < -0.3 is 5.32 Å². The lowest BCUT2D eigenvalue weighted by molar-refractivity contribution is 0.618. The van der Waals surface area contributed by atoms with Crippen molar-refractivity contribution in [3.63, 3.8) is 0 Å². The first-order valence-electron chi connectivity index (χ1n) is 9.79. The van der Waals surface area contributed by atoms with Crippen molar-refractivity contribution >= 4 is 5.57 Å². The Morgan fingerprint density at radius 1 is 0.862 bits per heavy atom. The Labute approximate surface area is 171 Å². The van der Waals surface area contributed by atoms with Crippen LogP contribution < -0.4 is 5.32 Å². The molecule has 0 radical (unpaired) electrons. The molecule has 0 amide bonds. The van der Waals surface area contributed by atoms with Crippen molar-refractivity contribution in [1.29, 1.82) is 0 Å². The van der Waals surface area contributed by atoms with E-state index in [1.807, 2.05) is 37.3 Å². The molecule has 1 atom stereocenters. The molecule has 0 saturated carbocycles. The first kappa shape index (κ1) is 18.8. The number of nitrogens with one attached hydrogen (secondary N) is 2. The third-order valence-corrected chi connectivity index (χ3v) is 4.80. The zero-order valence-electron chi connectivity index (χ0n) is 16.4. The van der Waals surface area contributed by atoms with E-state index in [0.29, 0.717) is 6.54 Å².